The van der Waals surface area contributed by atoms with E-state index in [-0.39, 0.29) is 6.10 Å². The molecule has 1 aliphatic heterocycles. The molecule has 2 heterocycles. The fraction of sp³-hybridized carbons (Fsp3) is 0.438. The van der Waals surface area contributed by atoms with Crippen LogP contribution in [0.4, 0.5) is 5.82 Å². The summed E-state index contributed by atoms with van der Waals surface area (Å²) in [5, 5.41) is 4.22. The number of benzene rings is 1. The van der Waals surface area contributed by atoms with Gasteiger partial charge in [0.05, 0.1) is 6.20 Å². The van der Waals surface area contributed by atoms with Gasteiger partial charge >= 0.3 is 0 Å². The number of likely N-dealkylation sites (tertiary alicyclic amines) is 1. The number of rotatable bonds is 3. The molecule has 21 heavy (non-hydrogen) atoms. The lowest BCUT2D eigenvalue weighted by Gasteiger charge is -2.29. The number of nitrogen functional groups attached to an aromatic ring is 1. The van der Waals surface area contributed by atoms with Gasteiger partial charge in [0.25, 0.3) is 0 Å². The van der Waals surface area contributed by atoms with Crippen molar-refractivity contribution in [2.75, 3.05) is 25.9 Å². The minimum atomic E-state index is 0.278. The van der Waals surface area contributed by atoms with E-state index in [1.165, 1.54) is 0 Å². The second-order valence-corrected chi connectivity index (χ2v) is 5.68. The van der Waals surface area contributed by atoms with Gasteiger partial charge in [-0.15, -0.1) is 0 Å². The summed E-state index contributed by atoms with van der Waals surface area (Å²) in [4.78, 5) is 2.34. The van der Waals surface area contributed by atoms with Crippen LogP contribution in [0.15, 0.2) is 30.5 Å². The van der Waals surface area contributed by atoms with Gasteiger partial charge < -0.3 is 15.4 Å². The van der Waals surface area contributed by atoms with Crippen LogP contribution < -0.4 is 10.5 Å². The Kier molecular flexibility index (Phi) is 3.84. The summed E-state index contributed by atoms with van der Waals surface area (Å²) in [6.45, 7) is 2.17. The molecule has 1 fully saturated rings. The summed E-state index contributed by atoms with van der Waals surface area (Å²) in [6.07, 6.45) is 4.20. The summed E-state index contributed by atoms with van der Waals surface area (Å²) in [5.41, 5.74) is 8.04. The Labute approximate surface area is 125 Å². The maximum Gasteiger partial charge on any atom is 0.129 e. The number of nitrogens with two attached hydrogens (primary N) is 1. The molecule has 0 atom stereocenters. The van der Waals surface area contributed by atoms with Gasteiger partial charge in [0.1, 0.15) is 17.7 Å². The Bertz CT molecular complexity index is 614. The average Bonchev–Trinajstić information content (AvgIpc) is 2.82. The van der Waals surface area contributed by atoms with Gasteiger partial charge in [0.2, 0.25) is 0 Å². The van der Waals surface area contributed by atoms with Crippen LogP contribution in [0, 0.1) is 0 Å². The van der Waals surface area contributed by atoms with E-state index in [1.54, 1.807) is 10.9 Å². The van der Waals surface area contributed by atoms with Crippen LogP contribution in [0.3, 0.4) is 0 Å². The van der Waals surface area contributed by atoms with Crippen molar-refractivity contribution >= 4 is 5.82 Å². The normalized spacial score (nSPS) is 17.0. The first-order valence-corrected chi connectivity index (χ1v) is 7.37. The molecule has 5 heteroatoms. The number of aryl methyl sites for hydroxylation is 1. The van der Waals surface area contributed by atoms with Crippen molar-refractivity contribution in [1.82, 2.24) is 14.7 Å². The highest BCUT2D eigenvalue weighted by Gasteiger charge is 2.20. The Hall–Kier alpha value is -2.01. The second kappa shape index (κ2) is 5.77. The van der Waals surface area contributed by atoms with Crippen molar-refractivity contribution in [3.05, 3.63) is 30.5 Å². The molecular formula is C16H22N4O. The van der Waals surface area contributed by atoms with E-state index in [4.69, 9.17) is 10.5 Å². The third-order valence-corrected chi connectivity index (χ3v) is 4.12. The third kappa shape index (κ3) is 2.88. The highest BCUT2D eigenvalue weighted by molar-refractivity contribution is 5.78. The van der Waals surface area contributed by atoms with Crippen LogP contribution in [-0.2, 0) is 7.05 Å². The van der Waals surface area contributed by atoms with Crippen molar-refractivity contribution in [2.45, 2.75) is 18.9 Å². The molecule has 2 N–H and O–H groups in total. The minimum Gasteiger partial charge on any atom is -0.490 e. The summed E-state index contributed by atoms with van der Waals surface area (Å²) >= 11 is 0. The van der Waals surface area contributed by atoms with Crippen molar-refractivity contribution in [1.29, 1.82) is 0 Å². The first-order valence-electron chi connectivity index (χ1n) is 7.37. The Morgan fingerprint density at radius 2 is 1.86 bits per heavy atom. The van der Waals surface area contributed by atoms with E-state index in [2.05, 4.69) is 17.0 Å². The van der Waals surface area contributed by atoms with Crippen LogP contribution in [0.2, 0.25) is 0 Å². The van der Waals surface area contributed by atoms with Crippen molar-refractivity contribution in [3.8, 4) is 16.9 Å². The largest absolute Gasteiger partial charge is 0.490 e. The molecule has 1 saturated heterocycles. The van der Waals surface area contributed by atoms with Crippen LogP contribution in [0.1, 0.15) is 12.8 Å². The van der Waals surface area contributed by atoms with Crippen molar-refractivity contribution < 1.29 is 4.74 Å². The maximum atomic E-state index is 6.23. The molecular weight excluding hydrogens is 264 g/mol. The maximum absolute atomic E-state index is 6.23. The molecule has 0 saturated carbocycles. The quantitative estimate of drug-likeness (QED) is 0.939. The lowest BCUT2D eigenvalue weighted by Crippen LogP contribution is -2.35. The molecule has 0 radical (unpaired) electrons. The van der Waals surface area contributed by atoms with Crippen molar-refractivity contribution in [3.63, 3.8) is 0 Å². The second-order valence-electron chi connectivity index (χ2n) is 5.68. The number of anilines is 1. The monoisotopic (exact) mass is 286 g/mol. The molecule has 112 valence electrons. The molecule has 0 aliphatic carbocycles. The number of piperidine rings is 1. The predicted octanol–water partition coefficient (Wildman–Crippen LogP) is 2.14. The summed E-state index contributed by atoms with van der Waals surface area (Å²) in [5.74, 6) is 1.56. The van der Waals surface area contributed by atoms with Gasteiger partial charge in [0, 0.05) is 31.3 Å². The van der Waals surface area contributed by atoms with E-state index in [0.29, 0.717) is 5.82 Å². The molecule has 0 amide bonds. The number of nitrogens with zero attached hydrogens (tertiary/aromatic N) is 3. The fourth-order valence-corrected chi connectivity index (χ4v) is 2.73. The van der Waals surface area contributed by atoms with Gasteiger partial charge in [-0.3, -0.25) is 4.68 Å². The molecule has 2 aromatic rings. The van der Waals surface area contributed by atoms with E-state index in [1.807, 2.05) is 31.3 Å². The molecule has 3 rings (SSSR count). The number of hydrogen-bond donors (Lipinski definition) is 1. The van der Waals surface area contributed by atoms with Crippen molar-refractivity contribution in [2.24, 2.45) is 7.05 Å². The molecule has 1 aliphatic rings. The summed E-state index contributed by atoms with van der Waals surface area (Å²) < 4.78 is 7.92. The van der Waals surface area contributed by atoms with Gasteiger partial charge in [-0.2, -0.15) is 5.10 Å². The molecule has 1 aromatic carbocycles. The average molecular weight is 286 g/mol. The summed E-state index contributed by atoms with van der Waals surface area (Å²) in [6, 6.07) is 8.06. The molecule has 0 bridgehead atoms. The Balaban J connectivity index is 1.85. The number of aromatic nitrogens is 2. The third-order valence-electron chi connectivity index (χ3n) is 4.12. The predicted molar refractivity (Wildman–Crippen MR) is 84.2 cm³/mol. The Morgan fingerprint density at radius 3 is 2.52 bits per heavy atom. The number of hydrogen-bond acceptors (Lipinski definition) is 4. The molecule has 0 unspecified atom stereocenters. The highest BCUT2D eigenvalue weighted by Crippen LogP contribution is 2.34. The standard InChI is InChI=1S/C16H22N4O/c1-19-9-7-12(8-10-19)21-15-6-4-3-5-13(15)14-11-18-20(2)16(14)17/h3-6,11-12H,7-10,17H2,1-2H3. The minimum absolute atomic E-state index is 0.278. The SMILES string of the molecule is CN1CCC(Oc2ccccc2-c2cnn(C)c2N)CC1. The lowest BCUT2D eigenvalue weighted by molar-refractivity contribution is 0.115. The zero-order chi connectivity index (χ0) is 14.8. The molecule has 0 spiro atoms. The molecule has 1 aromatic heterocycles. The van der Waals surface area contributed by atoms with Crippen LogP contribution >= 0.6 is 0 Å². The fourth-order valence-electron chi connectivity index (χ4n) is 2.73. The van der Waals surface area contributed by atoms with Crippen LogP contribution in [0.5, 0.6) is 5.75 Å². The molecule has 5 nitrogen and oxygen atoms in total. The first kappa shape index (κ1) is 13.9. The van der Waals surface area contributed by atoms with E-state index >= 15 is 0 Å². The van der Waals surface area contributed by atoms with Crippen LogP contribution in [0.25, 0.3) is 11.1 Å². The van der Waals surface area contributed by atoms with E-state index in [0.717, 1.165) is 42.8 Å². The lowest BCUT2D eigenvalue weighted by atomic mass is 10.1. The van der Waals surface area contributed by atoms with Gasteiger partial charge in [-0.25, -0.2) is 0 Å². The van der Waals surface area contributed by atoms with Crippen LogP contribution in [-0.4, -0.2) is 40.9 Å². The number of ether oxygens (including phenoxy) is 1. The zero-order valence-corrected chi connectivity index (χ0v) is 12.6. The smallest absolute Gasteiger partial charge is 0.129 e. The summed E-state index contributed by atoms with van der Waals surface area (Å²) in [7, 11) is 4.00. The number of para-hydroxylation sites is 1. The van der Waals surface area contributed by atoms with Gasteiger partial charge in [0.15, 0.2) is 0 Å². The van der Waals surface area contributed by atoms with E-state index < -0.39 is 0 Å². The van der Waals surface area contributed by atoms with Gasteiger partial charge in [-0.05, 0) is 26.0 Å². The highest BCUT2D eigenvalue weighted by atomic mass is 16.5. The van der Waals surface area contributed by atoms with E-state index in [9.17, 15) is 0 Å². The van der Waals surface area contributed by atoms with Gasteiger partial charge in [-0.1, -0.05) is 18.2 Å². The Morgan fingerprint density at radius 1 is 1.14 bits per heavy atom. The topological polar surface area (TPSA) is 56.3 Å². The zero-order valence-electron chi connectivity index (χ0n) is 12.6. The first-order chi connectivity index (χ1) is 10.1.